The molecule has 0 radical (unpaired) electrons. The van der Waals surface area contributed by atoms with Crippen LogP contribution in [0.4, 0.5) is 18.9 Å². The van der Waals surface area contributed by atoms with Gasteiger partial charge in [-0.1, -0.05) is 23.9 Å². The summed E-state index contributed by atoms with van der Waals surface area (Å²) in [4.78, 5) is 16.5. The zero-order valence-corrected chi connectivity index (χ0v) is 18.1. The molecule has 2 aromatic carbocycles. The first-order valence-corrected chi connectivity index (χ1v) is 10.8. The lowest BCUT2D eigenvalue weighted by Crippen LogP contribution is -2.14. The van der Waals surface area contributed by atoms with Gasteiger partial charge in [-0.15, -0.1) is 10.2 Å². The minimum Gasteiger partial charge on any atom is -0.325 e. The first-order chi connectivity index (χ1) is 16.3. The number of halogens is 3. The zero-order chi connectivity index (χ0) is 24.1. The van der Waals surface area contributed by atoms with Crippen molar-refractivity contribution in [2.75, 3.05) is 11.1 Å². The van der Waals surface area contributed by atoms with Crippen LogP contribution in [0.25, 0.3) is 17.1 Å². The minimum atomic E-state index is -4.52. The van der Waals surface area contributed by atoms with Gasteiger partial charge in [0.15, 0.2) is 11.0 Å². The number of anilines is 1. The molecular formula is C23H15F3N6OS. The minimum absolute atomic E-state index is 0.0824. The number of nitriles is 1. The first kappa shape index (κ1) is 23.0. The second-order valence-corrected chi connectivity index (χ2v) is 7.90. The van der Waals surface area contributed by atoms with Gasteiger partial charge in [-0.25, -0.2) is 0 Å². The topological polar surface area (TPSA) is 96.5 Å². The van der Waals surface area contributed by atoms with E-state index in [0.717, 1.165) is 23.9 Å². The molecule has 0 saturated heterocycles. The molecule has 0 spiro atoms. The Bertz CT molecular complexity index is 1370. The van der Waals surface area contributed by atoms with Crippen LogP contribution in [0.2, 0.25) is 0 Å². The Morgan fingerprint density at radius 2 is 1.91 bits per heavy atom. The van der Waals surface area contributed by atoms with Crippen LogP contribution in [0.15, 0.2) is 78.2 Å². The van der Waals surface area contributed by atoms with Crippen molar-refractivity contribution in [1.82, 2.24) is 19.7 Å². The summed E-state index contributed by atoms with van der Waals surface area (Å²) in [6, 6.07) is 16.6. The van der Waals surface area contributed by atoms with E-state index in [-0.39, 0.29) is 28.3 Å². The molecule has 7 nitrogen and oxygen atoms in total. The Labute approximate surface area is 196 Å². The fraction of sp³-hybridized carbons (Fsp3) is 0.0870. The van der Waals surface area contributed by atoms with Crippen LogP contribution < -0.4 is 5.32 Å². The van der Waals surface area contributed by atoms with Crippen LogP contribution in [0.3, 0.4) is 0 Å². The molecule has 1 amide bonds. The van der Waals surface area contributed by atoms with E-state index in [1.165, 1.54) is 29.0 Å². The van der Waals surface area contributed by atoms with Crippen molar-refractivity contribution in [2.24, 2.45) is 0 Å². The van der Waals surface area contributed by atoms with Crippen molar-refractivity contribution >= 4 is 23.4 Å². The molecule has 34 heavy (non-hydrogen) atoms. The molecule has 0 fully saturated rings. The molecule has 0 bridgehead atoms. The number of carbonyl (C=O) groups excluding carboxylic acids is 1. The Morgan fingerprint density at radius 1 is 1.09 bits per heavy atom. The quantitative estimate of drug-likeness (QED) is 0.392. The number of rotatable bonds is 6. The molecule has 0 aliphatic heterocycles. The Kier molecular flexibility index (Phi) is 6.60. The summed E-state index contributed by atoms with van der Waals surface area (Å²) in [5.41, 5.74) is 0.790. The standard InChI is InChI=1S/C23H15F3N6OS/c24-23(25,26)17-6-2-8-19(11-17)32-21(16-5-3-9-28-13-16)30-31-22(32)34-14-20(33)29-18-7-1-4-15(10-18)12-27/h1-11,13H,14H2,(H,29,33). The number of hydrogen-bond acceptors (Lipinski definition) is 6. The van der Waals surface area contributed by atoms with Crippen LogP contribution >= 0.6 is 11.8 Å². The number of nitrogens with zero attached hydrogens (tertiary/aromatic N) is 5. The summed E-state index contributed by atoms with van der Waals surface area (Å²) in [6.45, 7) is 0. The number of pyridine rings is 1. The summed E-state index contributed by atoms with van der Waals surface area (Å²) < 4.78 is 41.4. The fourth-order valence-electron chi connectivity index (χ4n) is 3.09. The second-order valence-electron chi connectivity index (χ2n) is 6.96. The average molecular weight is 480 g/mol. The molecule has 2 heterocycles. The molecule has 11 heteroatoms. The molecule has 0 aliphatic carbocycles. The number of thioether (sulfide) groups is 1. The number of nitrogens with one attached hydrogen (secondary N) is 1. The van der Waals surface area contributed by atoms with E-state index in [9.17, 15) is 18.0 Å². The summed E-state index contributed by atoms with van der Waals surface area (Å²) in [5, 5.41) is 20.2. The highest BCUT2D eigenvalue weighted by Gasteiger charge is 2.31. The third-order valence-electron chi connectivity index (χ3n) is 4.59. The highest BCUT2D eigenvalue weighted by Crippen LogP contribution is 2.33. The lowest BCUT2D eigenvalue weighted by molar-refractivity contribution is -0.137. The van der Waals surface area contributed by atoms with Crippen molar-refractivity contribution in [2.45, 2.75) is 11.3 Å². The number of aromatic nitrogens is 4. The zero-order valence-electron chi connectivity index (χ0n) is 17.3. The van der Waals surface area contributed by atoms with E-state index >= 15 is 0 Å². The molecule has 2 aromatic heterocycles. The van der Waals surface area contributed by atoms with Gasteiger partial charge in [0, 0.05) is 23.6 Å². The van der Waals surface area contributed by atoms with Gasteiger partial charge in [0.1, 0.15) is 0 Å². The number of hydrogen-bond donors (Lipinski definition) is 1. The van der Waals surface area contributed by atoms with Crippen molar-refractivity contribution in [1.29, 1.82) is 5.26 Å². The van der Waals surface area contributed by atoms with E-state index in [1.807, 2.05) is 6.07 Å². The SMILES string of the molecule is N#Cc1cccc(NC(=O)CSc2nnc(-c3cccnc3)n2-c2cccc(C(F)(F)F)c2)c1. The molecule has 0 unspecified atom stereocenters. The third kappa shape index (κ3) is 5.24. The van der Waals surface area contributed by atoms with Crippen LogP contribution in [0.1, 0.15) is 11.1 Å². The van der Waals surface area contributed by atoms with Crippen molar-refractivity contribution in [3.05, 3.63) is 84.2 Å². The maximum atomic E-state index is 13.3. The fourth-order valence-corrected chi connectivity index (χ4v) is 3.85. The van der Waals surface area contributed by atoms with Crippen molar-refractivity contribution in [3.63, 3.8) is 0 Å². The van der Waals surface area contributed by atoms with Crippen LogP contribution in [-0.2, 0) is 11.0 Å². The normalized spacial score (nSPS) is 11.1. The van der Waals surface area contributed by atoms with Gasteiger partial charge in [0.05, 0.1) is 28.6 Å². The molecule has 4 rings (SSSR count). The van der Waals surface area contributed by atoms with Gasteiger partial charge in [-0.2, -0.15) is 18.4 Å². The average Bonchev–Trinajstić information content (AvgIpc) is 3.27. The summed E-state index contributed by atoms with van der Waals surface area (Å²) in [5.74, 6) is -0.167. The highest BCUT2D eigenvalue weighted by atomic mass is 32.2. The number of amides is 1. The Morgan fingerprint density at radius 3 is 2.65 bits per heavy atom. The smallest absolute Gasteiger partial charge is 0.325 e. The van der Waals surface area contributed by atoms with Gasteiger partial charge in [-0.3, -0.25) is 14.3 Å². The predicted octanol–water partition coefficient (Wildman–Crippen LogP) is 4.95. The number of alkyl halides is 3. The monoisotopic (exact) mass is 480 g/mol. The second kappa shape index (κ2) is 9.76. The van der Waals surface area contributed by atoms with E-state index in [1.54, 1.807) is 36.5 Å². The molecule has 0 saturated carbocycles. The van der Waals surface area contributed by atoms with Crippen molar-refractivity contribution in [3.8, 4) is 23.1 Å². The Balaban J connectivity index is 1.64. The maximum Gasteiger partial charge on any atom is 0.416 e. The Hall–Kier alpha value is -4.17. The van der Waals surface area contributed by atoms with E-state index in [0.29, 0.717) is 16.8 Å². The highest BCUT2D eigenvalue weighted by molar-refractivity contribution is 7.99. The van der Waals surface area contributed by atoms with E-state index in [2.05, 4.69) is 20.5 Å². The molecule has 4 aromatic rings. The van der Waals surface area contributed by atoms with E-state index in [4.69, 9.17) is 5.26 Å². The third-order valence-corrected chi connectivity index (χ3v) is 5.52. The molecule has 1 N–H and O–H groups in total. The molecular weight excluding hydrogens is 465 g/mol. The van der Waals surface area contributed by atoms with Gasteiger partial charge in [0.25, 0.3) is 0 Å². The van der Waals surface area contributed by atoms with Gasteiger partial charge >= 0.3 is 6.18 Å². The summed E-state index contributed by atoms with van der Waals surface area (Å²) >= 11 is 1.02. The summed E-state index contributed by atoms with van der Waals surface area (Å²) in [7, 11) is 0. The predicted molar refractivity (Wildman–Crippen MR) is 120 cm³/mol. The van der Waals surface area contributed by atoms with Crippen molar-refractivity contribution < 1.29 is 18.0 Å². The maximum absolute atomic E-state index is 13.3. The molecule has 0 aliphatic rings. The largest absolute Gasteiger partial charge is 0.416 e. The van der Waals surface area contributed by atoms with Crippen LogP contribution in [0, 0.1) is 11.3 Å². The number of carbonyl (C=O) groups is 1. The lowest BCUT2D eigenvalue weighted by atomic mass is 10.2. The number of benzene rings is 2. The molecule has 170 valence electrons. The van der Waals surface area contributed by atoms with Gasteiger partial charge in [-0.05, 0) is 48.5 Å². The molecule has 0 atom stereocenters. The van der Waals surface area contributed by atoms with Crippen LogP contribution in [0.5, 0.6) is 0 Å². The van der Waals surface area contributed by atoms with Gasteiger partial charge in [0.2, 0.25) is 5.91 Å². The van der Waals surface area contributed by atoms with Crippen LogP contribution in [-0.4, -0.2) is 31.4 Å². The first-order valence-electron chi connectivity index (χ1n) is 9.81. The lowest BCUT2D eigenvalue weighted by Gasteiger charge is -2.13. The van der Waals surface area contributed by atoms with E-state index < -0.39 is 11.7 Å². The summed E-state index contributed by atoms with van der Waals surface area (Å²) in [6.07, 6.45) is -1.43. The van der Waals surface area contributed by atoms with Gasteiger partial charge < -0.3 is 5.32 Å².